The average Bonchev–Trinajstić information content (AvgIpc) is 2.57. The third-order valence-corrected chi connectivity index (χ3v) is 3.86. The van der Waals surface area contributed by atoms with Crippen molar-refractivity contribution >= 4 is 27.7 Å². The van der Waals surface area contributed by atoms with Crippen molar-refractivity contribution in [2.75, 3.05) is 11.0 Å². The highest BCUT2D eigenvalue weighted by Crippen LogP contribution is 2.26. The summed E-state index contributed by atoms with van der Waals surface area (Å²) in [5.74, 6) is -0.957. The molecule has 2 aromatic rings. The van der Waals surface area contributed by atoms with E-state index >= 15 is 0 Å². The number of sulfonamides is 1. The molecule has 0 heterocycles. The van der Waals surface area contributed by atoms with Gasteiger partial charge in [-0.25, -0.2) is 8.42 Å². The minimum absolute atomic E-state index is 0.0920. The molecule has 0 fully saturated rings. The van der Waals surface area contributed by atoms with E-state index in [1.807, 2.05) is 0 Å². The number of nitrogens with one attached hydrogen (secondary N) is 2. The Balaban J connectivity index is 1.99. The second-order valence-corrected chi connectivity index (χ2v) is 7.46. The second-order valence-electron chi connectivity index (χ2n) is 5.71. The maximum Gasteiger partial charge on any atom is 0.573 e. The molecule has 0 radical (unpaired) electrons. The Morgan fingerprint density at radius 3 is 2.54 bits per heavy atom. The van der Waals surface area contributed by atoms with Crippen LogP contribution in [-0.4, -0.2) is 26.9 Å². The molecule has 28 heavy (non-hydrogen) atoms. The number of hydrogen-bond acceptors (Lipinski definition) is 4. The molecular formula is C18H17F3N2O4S. The van der Waals surface area contributed by atoms with E-state index < -0.39 is 28.0 Å². The first-order valence-corrected chi connectivity index (χ1v) is 9.78. The highest BCUT2D eigenvalue weighted by Gasteiger charge is 2.31. The van der Waals surface area contributed by atoms with Crippen molar-refractivity contribution in [3.05, 3.63) is 65.7 Å². The lowest BCUT2D eigenvalue weighted by Gasteiger charge is -2.11. The summed E-state index contributed by atoms with van der Waals surface area (Å²) in [6.07, 6.45) is -1.53. The molecule has 2 rings (SSSR count). The Hall–Kier alpha value is -3.01. The molecule has 150 valence electrons. The number of benzene rings is 2. The normalized spacial score (nSPS) is 12.0. The van der Waals surface area contributed by atoms with Gasteiger partial charge in [-0.2, -0.15) is 0 Å². The van der Waals surface area contributed by atoms with Crippen LogP contribution in [0.5, 0.6) is 5.75 Å². The second kappa shape index (κ2) is 8.79. The summed E-state index contributed by atoms with van der Waals surface area (Å²) >= 11 is 0. The summed E-state index contributed by atoms with van der Waals surface area (Å²) in [6, 6.07) is 11.8. The van der Waals surface area contributed by atoms with E-state index in [0.29, 0.717) is 11.3 Å². The van der Waals surface area contributed by atoms with E-state index in [1.165, 1.54) is 24.3 Å². The van der Waals surface area contributed by atoms with Crippen LogP contribution in [0.1, 0.15) is 11.1 Å². The molecule has 1 amide bonds. The number of alkyl halides is 3. The van der Waals surface area contributed by atoms with E-state index in [4.69, 9.17) is 0 Å². The van der Waals surface area contributed by atoms with Crippen LogP contribution < -0.4 is 14.8 Å². The van der Waals surface area contributed by atoms with Crippen LogP contribution in [0.3, 0.4) is 0 Å². The zero-order valence-corrected chi connectivity index (χ0v) is 15.5. The minimum atomic E-state index is -4.84. The van der Waals surface area contributed by atoms with Gasteiger partial charge in [-0.1, -0.05) is 30.3 Å². The van der Waals surface area contributed by atoms with Crippen LogP contribution in [-0.2, 0) is 21.4 Å². The van der Waals surface area contributed by atoms with Crippen LogP contribution in [0, 0.1) is 0 Å². The highest BCUT2D eigenvalue weighted by molar-refractivity contribution is 7.92. The van der Waals surface area contributed by atoms with Gasteiger partial charge in [0.25, 0.3) is 0 Å². The van der Waals surface area contributed by atoms with Crippen molar-refractivity contribution in [3.8, 4) is 5.75 Å². The predicted octanol–water partition coefficient (Wildman–Crippen LogP) is 3.29. The SMILES string of the molecule is CS(=O)(=O)Nc1cccc(CNC(=O)/C=C/c2ccccc2OC(F)(F)F)c1. The van der Waals surface area contributed by atoms with Crippen LogP contribution >= 0.6 is 0 Å². The van der Waals surface area contributed by atoms with Gasteiger partial charge in [-0.3, -0.25) is 9.52 Å². The van der Waals surface area contributed by atoms with Gasteiger partial charge < -0.3 is 10.1 Å². The number of hydrogen-bond donors (Lipinski definition) is 2. The molecule has 0 saturated heterocycles. The zero-order chi connectivity index (χ0) is 20.8. The molecule has 2 N–H and O–H groups in total. The number of halogens is 3. The van der Waals surface area contributed by atoms with Crippen LogP contribution in [0.15, 0.2) is 54.6 Å². The lowest BCUT2D eigenvalue weighted by atomic mass is 10.2. The van der Waals surface area contributed by atoms with Crippen LogP contribution in [0.2, 0.25) is 0 Å². The molecule has 10 heteroatoms. The largest absolute Gasteiger partial charge is 0.573 e. The van der Waals surface area contributed by atoms with Gasteiger partial charge in [0.05, 0.1) is 6.26 Å². The average molecular weight is 414 g/mol. The van der Waals surface area contributed by atoms with Gasteiger partial charge >= 0.3 is 6.36 Å². The molecule has 0 aromatic heterocycles. The number of amides is 1. The number of para-hydroxylation sites is 1. The first-order chi connectivity index (χ1) is 13.0. The lowest BCUT2D eigenvalue weighted by Crippen LogP contribution is -2.20. The van der Waals surface area contributed by atoms with Gasteiger partial charge in [0.2, 0.25) is 15.9 Å². The zero-order valence-electron chi connectivity index (χ0n) is 14.7. The first-order valence-electron chi connectivity index (χ1n) is 7.89. The van der Waals surface area contributed by atoms with Gasteiger partial charge in [0, 0.05) is 23.9 Å². The molecule has 0 saturated carbocycles. The van der Waals surface area contributed by atoms with Crippen LogP contribution in [0.4, 0.5) is 18.9 Å². The van der Waals surface area contributed by atoms with E-state index in [9.17, 15) is 26.4 Å². The lowest BCUT2D eigenvalue weighted by molar-refractivity contribution is -0.274. The number of ether oxygens (including phenoxy) is 1. The monoisotopic (exact) mass is 414 g/mol. The van der Waals surface area contributed by atoms with Crippen molar-refractivity contribution in [2.45, 2.75) is 12.9 Å². The van der Waals surface area contributed by atoms with E-state index in [1.54, 1.807) is 24.3 Å². The van der Waals surface area contributed by atoms with Gasteiger partial charge in [-0.15, -0.1) is 13.2 Å². The Labute approximate surface area is 160 Å². The molecule has 2 aromatic carbocycles. The maximum absolute atomic E-state index is 12.4. The minimum Gasteiger partial charge on any atom is -0.405 e. The molecular weight excluding hydrogens is 397 g/mol. The van der Waals surface area contributed by atoms with Crippen molar-refractivity contribution in [1.82, 2.24) is 5.32 Å². The van der Waals surface area contributed by atoms with E-state index in [-0.39, 0.29) is 12.1 Å². The molecule has 0 aliphatic heterocycles. The van der Waals surface area contributed by atoms with Crippen molar-refractivity contribution in [3.63, 3.8) is 0 Å². The molecule has 0 spiro atoms. The molecule has 6 nitrogen and oxygen atoms in total. The van der Waals surface area contributed by atoms with Gasteiger partial charge in [-0.05, 0) is 29.8 Å². The summed E-state index contributed by atoms with van der Waals surface area (Å²) in [6.45, 7) is 0.100. The Bertz CT molecular complexity index is 973. The fourth-order valence-electron chi connectivity index (χ4n) is 2.21. The van der Waals surface area contributed by atoms with Crippen LogP contribution in [0.25, 0.3) is 6.08 Å². The fraction of sp³-hybridized carbons (Fsp3) is 0.167. The Kier molecular flexibility index (Phi) is 6.68. The fourth-order valence-corrected chi connectivity index (χ4v) is 2.76. The standard InChI is InChI=1S/C18H17F3N2O4S/c1-28(25,26)23-15-7-4-5-13(11-15)12-22-17(24)10-9-14-6-2-3-8-16(14)27-18(19,20)21/h2-11,23H,12H2,1H3,(H,22,24)/b10-9+. The smallest absolute Gasteiger partial charge is 0.405 e. The van der Waals surface area contributed by atoms with E-state index in [0.717, 1.165) is 18.4 Å². The third-order valence-electron chi connectivity index (χ3n) is 3.26. The number of rotatable bonds is 7. The van der Waals surface area contributed by atoms with E-state index in [2.05, 4.69) is 14.8 Å². The highest BCUT2D eigenvalue weighted by atomic mass is 32.2. The summed E-state index contributed by atoms with van der Waals surface area (Å²) in [5, 5.41) is 2.56. The summed E-state index contributed by atoms with van der Waals surface area (Å²) < 4.78 is 65.9. The molecule has 0 atom stereocenters. The molecule has 0 bridgehead atoms. The summed E-state index contributed by atoms with van der Waals surface area (Å²) in [7, 11) is -3.42. The number of carbonyl (C=O) groups is 1. The first kappa shape index (κ1) is 21.3. The quantitative estimate of drug-likeness (QED) is 0.681. The third kappa shape index (κ3) is 7.70. The number of anilines is 1. The Morgan fingerprint density at radius 2 is 1.86 bits per heavy atom. The van der Waals surface area contributed by atoms with Crippen molar-refractivity contribution in [1.29, 1.82) is 0 Å². The summed E-state index contributed by atoms with van der Waals surface area (Å²) in [5.41, 5.74) is 1.08. The topological polar surface area (TPSA) is 84.5 Å². The molecule has 0 aliphatic carbocycles. The van der Waals surface area contributed by atoms with Crippen molar-refractivity contribution in [2.24, 2.45) is 0 Å². The number of carbonyl (C=O) groups excluding carboxylic acids is 1. The van der Waals surface area contributed by atoms with Gasteiger partial charge in [0.1, 0.15) is 5.75 Å². The Morgan fingerprint density at radius 1 is 1.14 bits per heavy atom. The predicted molar refractivity (Wildman–Crippen MR) is 98.9 cm³/mol. The molecule has 0 unspecified atom stereocenters. The van der Waals surface area contributed by atoms with Gasteiger partial charge in [0.15, 0.2) is 0 Å². The van der Waals surface area contributed by atoms with Crippen molar-refractivity contribution < 1.29 is 31.1 Å². The summed E-state index contributed by atoms with van der Waals surface area (Å²) in [4.78, 5) is 11.9. The molecule has 0 aliphatic rings. The maximum atomic E-state index is 12.4.